The number of rotatable bonds is 10. The van der Waals surface area contributed by atoms with Crippen molar-refractivity contribution in [3.8, 4) is 5.19 Å². The molecule has 182 valence electrons. The van der Waals surface area contributed by atoms with Gasteiger partial charge in [-0.25, -0.2) is 13.8 Å². The van der Waals surface area contributed by atoms with Crippen LogP contribution in [0.15, 0.2) is 6.07 Å². The molecule has 1 aliphatic heterocycles. The first-order chi connectivity index (χ1) is 15.9. The number of nitrogens with zero attached hydrogens (tertiary/aromatic N) is 4. The Morgan fingerprint density at radius 3 is 2.70 bits per heavy atom. The molecule has 0 radical (unpaired) electrons. The molecule has 0 saturated heterocycles. The molecule has 0 N–H and O–H groups in total. The minimum absolute atomic E-state index is 0.286. The quantitative estimate of drug-likeness (QED) is 0.488. The first kappa shape index (κ1) is 24.3. The van der Waals surface area contributed by atoms with Gasteiger partial charge in [-0.05, 0) is 64.0 Å². The Morgan fingerprint density at radius 1 is 1.24 bits per heavy atom. The number of halogens is 2. The van der Waals surface area contributed by atoms with E-state index in [2.05, 4.69) is 15.0 Å². The summed E-state index contributed by atoms with van der Waals surface area (Å²) in [5.74, 6) is 1.51. The number of carbonyl (C=O) groups is 1. The van der Waals surface area contributed by atoms with E-state index in [9.17, 15) is 13.6 Å². The predicted molar refractivity (Wildman–Crippen MR) is 124 cm³/mol. The number of thiazole rings is 1. The highest BCUT2D eigenvalue weighted by atomic mass is 32.1. The fourth-order valence-corrected chi connectivity index (χ4v) is 6.01. The van der Waals surface area contributed by atoms with E-state index in [1.807, 2.05) is 24.6 Å². The molecule has 0 spiro atoms. The number of ketones is 1. The van der Waals surface area contributed by atoms with Crippen molar-refractivity contribution in [1.82, 2.24) is 19.7 Å². The Morgan fingerprint density at radius 2 is 2.00 bits per heavy atom. The van der Waals surface area contributed by atoms with Gasteiger partial charge in [0.05, 0.1) is 17.9 Å². The van der Waals surface area contributed by atoms with Gasteiger partial charge in [0.1, 0.15) is 0 Å². The lowest BCUT2D eigenvalue weighted by Crippen LogP contribution is -2.32. The number of aromatic nitrogens is 3. The third-order valence-corrected chi connectivity index (χ3v) is 7.96. The molecular weight excluding hydrogens is 446 g/mol. The topological polar surface area (TPSA) is 60.2 Å². The van der Waals surface area contributed by atoms with E-state index in [4.69, 9.17) is 4.74 Å². The number of alkyl halides is 2. The molecule has 6 nitrogen and oxygen atoms in total. The van der Waals surface area contributed by atoms with Gasteiger partial charge in [0.15, 0.2) is 12.4 Å². The van der Waals surface area contributed by atoms with Crippen molar-refractivity contribution in [3.63, 3.8) is 0 Å². The van der Waals surface area contributed by atoms with E-state index in [0.717, 1.165) is 56.0 Å². The van der Waals surface area contributed by atoms with Gasteiger partial charge in [0.25, 0.3) is 11.6 Å². The second-order valence-electron chi connectivity index (χ2n) is 9.58. The molecule has 2 aromatic rings. The van der Waals surface area contributed by atoms with Crippen molar-refractivity contribution in [3.05, 3.63) is 28.0 Å². The molecule has 2 aliphatic rings. The minimum Gasteiger partial charge on any atom is -0.464 e. The molecule has 4 rings (SSSR count). The first-order valence-electron chi connectivity index (χ1n) is 12.0. The van der Waals surface area contributed by atoms with Crippen molar-refractivity contribution < 1.29 is 18.3 Å². The van der Waals surface area contributed by atoms with Crippen LogP contribution in [0.3, 0.4) is 0 Å². The van der Waals surface area contributed by atoms with Crippen LogP contribution in [0.4, 0.5) is 8.78 Å². The summed E-state index contributed by atoms with van der Waals surface area (Å²) in [6, 6.07) is 2.01. The van der Waals surface area contributed by atoms with Crippen LogP contribution in [-0.4, -0.2) is 51.6 Å². The van der Waals surface area contributed by atoms with E-state index in [1.54, 1.807) is 0 Å². The number of Topliss-reactive ketones (excluding diaryl/α,β-unsaturated/α-hetero) is 1. The molecule has 3 heterocycles. The van der Waals surface area contributed by atoms with Gasteiger partial charge in [0.2, 0.25) is 0 Å². The fourth-order valence-electron chi connectivity index (χ4n) is 5.09. The first-order valence-corrected chi connectivity index (χ1v) is 12.8. The van der Waals surface area contributed by atoms with E-state index in [-0.39, 0.29) is 5.78 Å². The highest BCUT2D eigenvalue weighted by Gasteiger charge is 2.26. The van der Waals surface area contributed by atoms with E-state index < -0.39 is 13.0 Å². The van der Waals surface area contributed by atoms with Crippen LogP contribution in [-0.2, 0) is 24.3 Å². The lowest BCUT2D eigenvalue weighted by Gasteiger charge is -2.31. The number of ether oxygens (including phenoxy) is 1. The SMILES string of the molecule is Cc1cc(C)n(CC(=O)CC2CCC(CCN3CCc4sc(OCC(F)F)nc4C3)CC2)n1. The zero-order valence-electron chi connectivity index (χ0n) is 19.6. The molecule has 2 aromatic heterocycles. The summed E-state index contributed by atoms with van der Waals surface area (Å²) < 4.78 is 31.6. The van der Waals surface area contributed by atoms with Crippen LogP contribution in [0.2, 0.25) is 0 Å². The van der Waals surface area contributed by atoms with Crippen molar-refractivity contribution in [1.29, 1.82) is 0 Å². The molecule has 9 heteroatoms. The highest BCUT2D eigenvalue weighted by molar-refractivity contribution is 7.13. The minimum atomic E-state index is -2.47. The molecule has 1 fully saturated rings. The Balaban J connectivity index is 1.15. The maximum atomic E-state index is 12.5. The number of hydrogen-bond acceptors (Lipinski definition) is 6. The number of aryl methyl sites for hydroxylation is 2. The number of fused-ring (bicyclic) bond motifs is 1. The molecule has 0 aromatic carbocycles. The summed E-state index contributed by atoms with van der Waals surface area (Å²) in [6.45, 7) is 6.55. The average Bonchev–Trinajstić information content (AvgIpc) is 3.32. The predicted octanol–water partition coefficient (Wildman–Crippen LogP) is 4.81. The lowest BCUT2D eigenvalue weighted by molar-refractivity contribution is -0.121. The molecular formula is C24H34F2N4O2S. The number of carbonyl (C=O) groups excluding carboxylic acids is 1. The smallest absolute Gasteiger partial charge is 0.273 e. The zero-order chi connectivity index (χ0) is 23.4. The van der Waals surface area contributed by atoms with Gasteiger partial charge in [-0.3, -0.25) is 14.4 Å². The van der Waals surface area contributed by atoms with Gasteiger partial charge < -0.3 is 4.74 Å². The van der Waals surface area contributed by atoms with Crippen LogP contribution >= 0.6 is 11.3 Å². The normalized spacial score (nSPS) is 21.4. The summed E-state index contributed by atoms with van der Waals surface area (Å²) in [4.78, 5) is 20.5. The second-order valence-corrected chi connectivity index (χ2v) is 10.6. The summed E-state index contributed by atoms with van der Waals surface area (Å²) in [5, 5.41) is 4.77. The molecule has 1 aliphatic carbocycles. The van der Waals surface area contributed by atoms with Gasteiger partial charge in [-0.15, -0.1) is 0 Å². The Kier molecular flexibility index (Phi) is 8.11. The van der Waals surface area contributed by atoms with Crippen LogP contribution in [0.1, 0.15) is 60.5 Å². The third kappa shape index (κ3) is 6.82. The summed E-state index contributed by atoms with van der Waals surface area (Å²) >= 11 is 1.41. The lowest BCUT2D eigenvalue weighted by atomic mass is 9.78. The van der Waals surface area contributed by atoms with Crippen molar-refractivity contribution in [2.75, 3.05) is 19.7 Å². The maximum absolute atomic E-state index is 12.5. The largest absolute Gasteiger partial charge is 0.464 e. The molecule has 0 bridgehead atoms. The molecule has 33 heavy (non-hydrogen) atoms. The van der Waals surface area contributed by atoms with Crippen LogP contribution in [0.5, 0.6) is 5.19 Å². The van der Waals surface area contributed by atoms with Crippen LogP contribution < -0.4 is 4.74 Å². The Hall–Kier alpha value is -1.87. The summed E-state index contributed by atoms with van der Waals surface area (Å²) in [6.07, 6.45) is 4.93. The van der Waals surface area contributed by atoms with Gasteiger partial charge in [-0.1, -0.05) is 24.2 Å². The molecule has 0 atom stereocenters. The standard InChI is InChI=1S/C24H34F2N4O2S/c1-16-11-17(2)30(28-16)13-20(31)12-19-5-3-18(4-6-19)7-9-29-10-8-22-21(14-29)27-24(33-22)32-15-23(25)26/h11,18-19,23H,3-10,12-15H2,1-2H3. The van der Waals surface area contributed by atoms with Crippen LogP contribution in [0, 0.1) is 25.7 Å². The van der Waals surface area contributed by atoms with Gasteiger partial charge >= 0.3 is 0 Å². The Bertz CT molecular complexity index is 937. The average molecular weight is 481 g/mol. The second kappa shape index (κ2) is 11.0. The highest BCUT2D eigenvalue weighted by Crippen LogP contribution is 2.34. The van der Waals surface area contributed by atoms with Gasteiger partial charge in [0, 0.05) is 30.1 Å². The molecule has 0 unspecified atom stereocenters. The fraction of sp³-hybridized carbons (Fsp3) is 0.708. The van der Waals surface area contributed by atoms with Crippen molar-refractivity contribution in [2.45, 2.75) is 78.3 Å². The van der Waals surface area contributed by atoms with Crippen molar-refractivity contribution in [2.24, 2.45) is 11.8 Å². The summed E-state index contributed by atoms with van der Waals surface area (Å²) in [5.41, 5.74) is 2.99. The van der Waals surface area contributed by atoms with E-state index in [1.165, 1.54) is 35.5 Å². The van der Waals surface area contributed by atoms with Crippen molar-refractivity contribution >= 4 is 17.1 Å². The maximum Gasteiger partial charge on any atom is 0.273 e. The van der Waals surface area contributed by atoms with Crippen LogP contribution in [0.25, 0.3) is 0 Å². The molecule has 0 amide bonds. The Labute approximate surface area is 198 Å². The monoisotopic (exact) mass is 480 g/mol. The van der Waals surface area contributed by atoms with E-state index >= 15 is 0 Å². The third-order valence-electron chi connectivity index (χ3n) is 6.89. The zero-order valence-corrected chi connectivity index (χ0v) is 20.4. The number of hydrogen-bond donors (Lipinski definition) is 0. The summed E-state index contributed by atoms with van der Waals surface area (Å²) in [7, 11) is 0. The van der Waals surface area contributed by atoms with E-state index in [0.29, 0.717) is 30.0 Å². The van der Waals surface area contributed by atoms with Gasteiger partial charge in [-0.2, -0.15) is 5.10 Å². The molecule has 1 saturated carbocycles.